The summed E-state index contributed by atoms with van der Waals surface area (Å²) in [5.74, 6) is 0.311. The van der Waals surface area contributed by atoms with Crippen molar-refractivity contribution < 1.29 is 28.9 Å². The normalized spacial score (nSPS) is 19.7. The molecule has 35 heavy (non-hydrogen) atoms. The number of phenolic OH excluding ortho intramolecular Hbond substituents is 1. The van der Waals surface area contributed by atoms with Gasteiger partial charge in [-0.05, 0) is 61.1 Å². The Bertz CT molecular complexity index is 1190. The Hall–Kier alpha value is -3.74. The number of carbonyl (C=O) groups is 2. The van der Waals surface area contributed by atoms with E-state index in [1.165, 1.54) is 0 Å². The Morgan fingerprint density at radius 3 is 2.37 bits per heavy atom. The van der Waals surface area contributed by atoms with E-state index in [1.54, 1.807) is 38.5 Å². The van der Waals surface area contributed by atoms with Gasteiger partial charge in [-0.15, -0.1) is 0 Å². The number of aromatic hydroxyl groups is 1. The van der Waals surface area contributed by atoms with E-state index in [4.69, 9.17) is 14.2 Å². The molecule has 0 spiro atoms. The smallest absolute Gasteiger partial charge is 0.336 e. The maximum atomic E-state index is 13.7. The lowest BCUT2D eigenvalue weighted by molar-refractivity contribution is -0.139. The number of carbonyl (C=O) groups excluding carboxylic acids is 2. The highest BCUT2D eigenvalue weighted by Crippen LogP contribution is 2.46. The topological polar surface area (TPSA) is 94.1 Å². The average Bonchev–Trinajstić information content (AvgIpc) is 2.86. The number of phenols is 1. The van der Waals surface area contributed by atoms with Crippen molar-refractivity contribution >= 4 is 11.8 Å². The molecule has 4 rings (SSSR count). The largest absolute Gasteiger partial charge is 0.508 e. The Morgan fingerprint density at radius 1 is 1.03 bits per heavy atom. The molecule has 7 nitrogen and oxygen atoms in total. The van der Waals surface area contributed by atoms with Gasteiger partial charge in [-0.25, -0.2) is 4.79 Å². The van der Waals surface area contributed by atoms with Gasteiger partial charge in [0.2, 0.25) is 0 Å². The van der Waals surface area contributed by atoms with Crippen LogP contribution in [0.2, 0.25) is 0 Å². The number of ketones is 1. The molecule has 2 aromatic rings. The Labute approximate surface area is 205 Å². The molecular formula is C28H31NO6. The zero-order valence-corrected chi connectivity index (χ0v) is 20.5. The van der Waals surface area contributed by atoms with Gasteiger partial charge in [0.05, 0.1) is 26.4 Å². The Kier molecular flexibility index (Phi) is 7.15. The third-order valence-corrected chi connectivity index (χ3v) is 6.59. The predicted molar refractivity (Wildman–Crippen MR) is 131 cm³/mol. The number of Topliss-reactive ketones (excluding diaryl/α,β-unsaturated/α-hetero) is 1. The van der Waals surface area contributed by atoms with Crippen LogP contribution < -0.4 is 14.8 Å². The molecule has 2 aromatic carbocycles. The van der Waals surface area contributed by atoms with Crippen LogP contribution in [0.3, 0.4) is 0 Å². The average molecular weight is 478 g/mol. The SMILES string of the molecule is CCCOC(=O)C1=C(C)NC2=C(C(=O)C[C@@H](c3ccc(OC)c(OC)c3)C2)[C@H]1c1ccc(O)cc1. The molecule has 1 aliphatic heterocycles. The molecule has 0 amide bonds. The fourth-order valence-electron chi connectivity index (χ4n) is 4.92. The van der Waals surface area contributed by atoms with Crippen molar-refractivity contribution in [3.05, 3.63) is 76.1 Å². The number of ether oxygens (including phenoxy) is 3. The first-order valence-electron chi connectivity index (χ1n) is 11.8. The van der Waals surface area contributed by atoms with E-state index in [9.17, 15) is 14.7 Å². The highest BCUT2D eigenvalue weighted by Gasteiger charge is 2.41. The zero-order chi connectivity index (χ0) is 25.1. The van der Waals surface area contributed by atoms with E-state index in [1.807, 2.05) is 32.0 Å². The van der Waals surface area contributed by atoms with E-state index in [-0.39, 0.29) is 17.5 Å². The highest BCUT2D eigenvalue weighted by atomic mass is 16.5. The van der Waals surface area contributed by atoms with Crippen molar-refractivity contribution in [2.75, 3.05) is 20.8 Å². The molecule has 2 atom stereocenters. The summed E-state index contributed by atoms with van der Waals surface area (Å²) in [6, 6.07) is 12.4. The quantitative estimate of drug-likeness (QED) is 0.557. The summed E-state index contributed by atoms with van der Waals surface area (Å²) in [7, 11) is 3.18. The van der Waals surface area contributed by atoms with E-state index < -0.39 is 11.9 Å². The van der Waals surface area contributed by atoms with E-state index >= 15 is 0 Å². The number of methoxy groups -OCH3 is 2. The Morgan fingerprint density at radius 2 is 1.71 bits per heavy atom. The van der Waals surface area contributed by atoms with Crippen LogP contribution in [-0.2, 0) is 14.3 Å². The third-order valence-electron chi connectivity index (χ3n) is 6.59. The summed E-state index contributed by atoms with van der Waals surface area (Å²) in [6.07, 6.45) is 1.62. The van der Waals surface area contributed by atoms with Crippen molar-refractivity contribution in [1.29, 1.82) is 0 Å². The molecule has 0 radical (unpaired) electrons. The summed E-state index contributed by atoms with van der Waals surface area (Å²) in [5, 5.41) is 13.2. The van der Waals surface area contributed by atoms with Crippen molar-refractivity contribution in [3.63, 3.8) is 0 Å². The molecular weight excluding hydrogens is 446 g/mol. The molecule has 0 unspecified atom stereocenters. The lowest BCUT2D eigenvalue weighted by atomic mass is 9.71. The van der Waals surface area contributed by atoms with Crippen LogP contribution in [0.1, 0.15) is 56.1 Å². The maximum absolute atomic E-state index is 13.7. The standard InChI is InChI=1S/C28H31NO6/c1-5-12-35-28(32)25-16(2)29-21-13-19(18-8-11-23(33-3)24(15-18)34-4)14-22(31)27(21)26(25)17-6-9-20(30)10-7-17/h6-11,15,19,26,29-30H,5,12-14H2,1-4H3/t19-,26-/m0/s1. The summed E-state index contributed by atoms with van der Waals surface area (Å²) in [5.41, 5.74) is 4.24. The first-order chi connectivity index (χ1) is 16.9. The summed E-state index contributed by atoms with van der Waals surface area (Å²) in [6.45, 7) is 4.08. The molecule has 0 saturated carbocycles. The second kappa shape index (κ2) is 10.3. The third kappa shape index (κ3) is 4.76. The molecule has 1 aliphatic carbocycles. The molecule has 0 saturated heterocycles. The second-order valence-electron chi connectivity index (χ2n) is 8.86. The van der Waals surface area contributed by atoms with Crippen molar-refractivity contribution in [2.24, 2.45) is 0 Å². The van der Waals surface area contributed by atoms with E-state index in [0.29, 0.717) is 54.2 Å². The molecule has 7 heteroatoms. The summed E-state index contributed by atoms with van der Waals surface area (Å²) in [4.78, 5) is 26.7. The predicted octanol–water partition coefficient (Wildman–Crippen LogP) is 4.72. The summed E-state index contributed by atoms with van der Waals surface area (Å²) >= 11 is 0. The highest BCUT2D eigenvalue weighted by molar-refractivity contribution is 6.04. The molecule has 0 bridgehead atoms. The number of hydrogen-bond donors (Lipinski definition) is 2. The molecule has 0 fully saturated rings. The van der Waals surface area contributed by atoms with Crippen LogP contribution in [-0.4, -0.2) is 37.7 Å². The number of dihydropyridines is 1. The minimum atomic E-state index is -0.560. The van der Waals surface area contributed by atoms with Crippen molar-refractivity contribution in [2.45, 2.75) is 44.9 Å². The van der Waals surface area contributed by atoms with Crippen LogP contribution in [0.25, 0.3) is 0 Å². The van der Waals surface area contributed by atoms with Crippen LogP contribution in [0.15, 0.2) is 65.0 Å². The van der Waals surface area contributed by atoms with Gasteiger partial charge < -0.3 is 24.6 Å². The van der Waals surface area contributed by atoms with Crippen LogP contribution >= 0.6 is 0 Å². The number of hydrogen-bond acceptors (Lipinski definition) is 7. The number of allylic oxidation sites excluding steroid dienone is 3. The van der Waals surface area contributed by atoms with Gasteiger partial charge in [0, 0.05) is 29.3 Å². The lowest BCUT2D eigenvalue weighted by Gasteiger charge is -2.36. The van der Waals surface area contributed by atoms with Gasteiger partial charge in [-0.1, -0.05) is 25.1 Å². The van der Waals surface area contributed by atoms with Crippen LogP contribution in [0, 0.1) is 0 Å². The van der Waals surface area contributed by atoms with Crippen LogP contribution in [0.5, 0.6) is 17.2 Å². The fourth-order valence-corrected chi connectivity index (χ4v) is 4.92. The minimum absolute atomic E-state index is 0.0232. The van der Waals surface area contributed by atoms with E-state index in [2.05, 4.69) is 5.32 Å². The lowest BCUT2D eigenvalue weighted by Crippen LogP contribution is -2.36. The van der Waals surface area contributed by atoms with Crippen molar-refractivity contribution in [1.82, 2.24) is 5.32 Å². The first-order valence-corrected chi connectivity index (χ1v) is 11.8. The van der Waals surface area contributed by atoms with Gasteiger partial charge in [0.25, 0.3) is 0 Å². The minimum Gasteiger partial charge on any atom is -0.508 e. The van der Waals surface area contributed by atoms with Gasteiger partial charge in [-0.2, -0.15) is 0 Å². The number of nitrogens with one attached hydrogen (secondary N) is 1. The van der Waals surface area contributed by atoms with Gasteiger partial charge in [0.1, 0.15) is 5.75 Å². The first kappa shape index (κ1) is 24.4. The molecule has 0 aromatic heterocycles. The summed E-state index contributed by atoms with van der Waals surface area (Å²) < 4.78 is 16.3. The maximum Gasteiger partial charge on any atom is 0.336 e. The number of benzene rings is 2. The number of rotatable bonds is 7. The number of esters is 1. The second-order valence-corrected chi connectivity index (χ2v) is 8.86. The van der Waals surface area contributed by atoms with Gasteiger partial charge in [0.15, 0.2) is 17.3 Å². The van der Waals surface area contributed by atoms with E-state index in [0.717, 1.165) is 16.8 Å². The molecule has 184 valence electrons. The monoisotopic (exact) mass is 477 g/mol. The van der Waals surface area contributed by atoms with Gasteiger partial charge in [-0.3, -0.25) is 4.79 Å². The van der Waals surface area contributed by atoms with Gasteiger partial charge >= 0.3 is 5.97 Å². The van der Waals surface area contributed by atoms with Crippen LogP contribution in [0.4, 0.5) is 0 Å². The fraction of sp³-hybridized carbons (Fsp3) is 0.357. The molecule has 2 aliphatic rings. The van der Waals surface area contributed by atoms with Crippen molar-refractivity contribution in [3.8, 4) is 17.2 Å². The Balaban J connectivity index is 1.75. The molecule has 2 N–H and O–H groups in total. The zero-order valence-electron chi connectivity index (χ0n) is 20.5. The molecule has 1 heterocycles.